The second-order valence-corrected chi connectivity index (χ2v) is 5.25. The second-order valence-electron chi connectivity index (χ2n) is 5.25. The molecule has 2 rings (SSSR count). The molecular weight excluding hydrogens is 256 g/mol. The molecule has 1 aromatic carbocycles. The molecule has 6 nitrogen and oxygen atoms in total. The van der Waals surface area contributed by atoms with Crippen LogP contribution in [-0.2, 0) is 6.42 Å². The quantitative estimate of drug-likeness (QED) is 0.648. The fourth-order valence-corrected chi connectivity index (χ4v) is 2.53. The molecular formula is C14H22N4O2. The van der Waals surface area contributed by atoms with Crippen LogP contribution in [0.15, 0.2) is 18.2 Å². The van der Waals surface area contributed by atoms with Crippen molar-refractivity contribution in [2.24, 2.45) is 5.73 Å². The number of nitrogens with two attached hydrogens (primary N) is 1. The highest BCUT2D eigenvalue weighted by molar-refractivity contribution is 5.58. The summed E-state index contributed by atoms with van der Waals surface area (Å²) in [6.07, 6.45) is 1.64. The van der Waals surface area contributed by atoms with Crippen LogP contribution >= 0.6 is 0 Å². The van der Waals surface area contributed by atoms with E-state index in [2.05, 4.69) is 16.8 Å². The first-order valence-corrected chi connectivity index (χ1v) is 7.02. The predicted octanol–water partition coefficient (Wildman–Crippen LogP) is 1.24. The van der Waals surface area contributed by atoms with Crippen molar-refractivity contribution in [1.82, 2.24) is 4.90 Å². The van der Waals surface area contributed by atoms with Crippen LogP contribution in [0.3, 0.4) is 0 Å². The Bertz CT molecular complexity index is 470. The summed E-state index contributed by atoms with van der Waals surface area (Å²) in [5, 5.41) is 10.9. The van der Waals surface area contributed by atoms with Gasteiger partial charge in [-0.15, -0.1) is 0 Å². The summed E-state index contributed by atoms with van der Waals surface area (Å²) < 4.78 is 0. The molecule has 0 unspecified atom stereocenters. The lowest BCUT2D eigenvalue weighted by molar-refractivity contribution is -0.384. The van der Waals surface area contributed by atoms with E-state index in [1.54, 1.807) is 12.1 Å². The lowest BCUT2D eigenvalue weighted by Crippen LogP contribution is -2.44. The average molecular weight is 278 g/mol. The van der Waals surface area contributed by atoms with Crippen molar-refractivity contribution in [1.29, 1.82) is 0 Å². The SMILES string of the molecule is CN1CCN(c2ccc([N+](=O)[O-])cc2CCCN)CC1. The topological polar surface area (TPSA) is 75.6 Å². The first kappa shape index (κ1) is 14.7. The molecule has 0 aromatic heterocycles. The van der Waals surface area contributed by atoms with Crippen molar-refractivity contribution in [2.45, 2.75) is 12.8 Å². The van der Waals surface area contributed by atoms with Crippen LogP contribution in [-0.4, -0.2) is 49.6 Å². The van der Waals surface area contributed by atoms with Crippen molar-refractivity contribution in [3.63, 3.8) is 0 Å². The number of nitro groups is 1. The van der Waals surface area contributed by atoms with Gasteiger partial charge in [0.15, 0.2) is 0 Å². The van der Waals surface area contributed by atoms with Crippen molar-refractivity contribution >= 4 is 11.4 Å². The zero-order chi connectivity index (χ0) is 14.5. The van der Waals surface area contributed by atoms with Crippen molar-refractivity contribution in [3.05, 3.63) is 33.9 Å². The summed E-state index contributed by atoms with van der Waals surface area (Å²) in [7, 11) is 2.11. The van der Waals surface area contributed by atoms with Gasteiger partial charge in [-0.1, -0.05) is 0 Å². The maximum Gasteiger partial charge on any atom is 0.269 e. The predicted molar refractivity (Wildman–Crippen MR) is 80.2 cm³/mol. The van der Waals surface area contributed by atoms with Crippen LogP contribution in [0.25, 0.3) is 0 Å². The third-order valence-corrected chi connectivity index (χ3v) is 3.77. The highest BCUT2D eigenvalue weighted by Crippen LogP contribution is 2.27. The number of hydrogen-bond donors (Lipinski definition) is 1. The van der Waals surface area contributed by atoms with Crippen molar-refractivity contribution in [3.8, 4) is 0 Å². The van der Waals surface area contributed by atoms with Gasteiger partial charge in [-0.3, -0.25) is 10.1 Å². The van der Waals surface area contributed by atoms with Gasteiger partial charge in [-0.05, 0) is 38.1 Å². The Morgan fingerprint density at radius 3 is 2.60 bits per heavy atom. The lowest BCUT2D eigenvalue weighted by atomic mass is 10.0. The summed E-state index contributed by atoms with van der Waals surface area (Å²) in [6, 6.07) is 5.18. The first-order valence-electron chi connectivity index (χ1n) is 7.02. The van der Waals surface area contributed by atoms with Gasteiger partial charge in [0.25, 0.3) is 5.69 Å². The molecule has 1 heterocycles. The molecule has 0 radical (unpaired) electrons. The molecule has 0 bridgehead atoms. The molecule has 1 saturated heterocycles. The Hall–Kier alpha value is -1.66. The first-order chi connectivity index (χ1) is 9.61. The molecule has 0 saturated carbocycles. The number of non-ortho nitro benzene ring substituents is 1. The van der Waals surface area contributed by atoms with Gasteiger partial charge in [-0.25, -0.2) is 0 Å². The molecule has 0 spiro atoms. The average Bonchev–Trinajstić information content (AvgIpc) is 2.45. The zero-order valence-electron chi connectivity index (χ0n) is 11.9. The van der Waals surface area contributed by atoms with Gasteiger partial charge in [0, 0.05) is 44.0 Å². The number of hydrogen-bond acceptors (Lipinski definition) is 5. The minimum absolute atomic E-state index is 0.162. The van der Waals surface area contributed by atoms with Gasteiger partial charge in [0.1, 0.15) is 0 Å². The number of benzene rings is 1. The van der Waals surface area contributed by atoms with E-state index in [9.17, 15) is 10.1 Å². The Morgan fingerprint density at radius 1 is 1.30 bits per heavy atom. The number of likely N-dealkylation sites (N-methyl/N-ethyl adjacent to an activating group) is 1. The molecule has 6 heteroatoms. The van der Waals surface area contributed by atoms with E-state index >= 15 is 0 Å². The largest absolute Gasteiger partial charge is 0.369 e. The van der Waals surface area contributed by atoms with Crippen LogP contribution in [0.2, 0.25) is 0 Å². The number of rotatable bonds is 5. The Morgan fingerprint density at radius 2 is 2.00 bits per heavy atom. The normalized spacial score (nSPS) is 16.4. The summed E-state index contributed by atoms with van der Waals surface area (Å²) >= 11 is 0. The Labute approximate surface area is 119 Å². The summed E-state index contributed by atoms with van der Waals surface area (Å²) in [5.74, 6) is 0. The maximum absolute atomic E-state index is 10.9. The standard InChI is InChI=1S/C14H22N4O2/c1-16-7-9-17(10-8-16)14-5-4-13(18(19)20)11-12(14)3-2-6-15/h4-5,11H,2-3,6-10,15H2,1H3. The van der Waals surface area contributed by atoms with Crippen LogP contribution in [0.4, 0.5) is 11.4 Å². The van der Waals surface area contributed by atoms with Crippen LogP contribution < -0.4 is 10.6 Å². The van der Waals surface area contributed by atoms with Gasteiger partial charge >= 0.3 is 0 Å². The summed E-state index contributed by atoms with van der Waals surface area (Å²) in [5.41, 5.74) is 7.89. The number of anilines is 1. The van der Waals surface area contributed by atoms with E-state index in [-0.39, 0.29) is 10.6 Å². The Balaban J connectivity index is 2.23. The number of aryl methyl sites for hydroxylation is 1. The molecule has 1 aliphatic rings. The fourth-order valence-electron chi connectivity index (χ4n) is 2.53. The van der Waals surface area contributed by atoms with Crippen molar-refractivity contribution < 1.29 is 4.92 Å². The van der Waals surface area contributed by atoms with Crippen LogP contribution in [0, 0.1) is 10.1 Å². The summed E-state index contributed by atoms with van der Waals surface area (Å²) in [4.78, 5) is 15.2. The highest BCUT2D eigenvalue weighted by Gasteiger charge is 2.19. The molecule has 110 valence electrons. The molecule has 1 fully saturated rings. The molecule has 0 amide bonds. The molecule has 1 aromatic rings. The smallest absolute Gasteiger partial charge is 0.269 e. The van der Waals surface area contributed by atoms with E-state index in [0.717, 1.165) is 50.3 Å². The maximum atomic E-state index is 10.9. The van der Waals surface area contributed by atoms with E-state index in [1.165, 1.54) is 0 Å². The lowest BCUT2D eigenvalue weighted by Gasteiger charge is -2.35. The number of nitro benzene ring substituents is 1. The Kier molecular flexibility index (Phi) is 4.92. The molecule has 0 atom stereocenters. The molecule has 0 aliphatic carbocycles. The minimum Gasteiger partial charge on any atom is -0.369 e. The molecule has 1 aliphatic heterocycles. The van der Waals surface area contributed by atoms with Gasteiger partial charge in [0.2, 0.25) is 0 Å². The van der Waals surface area contributed by atoms with Gasteiger partial charge in [-0.2, -0.15) is 0 Å². The third kappa shape index (κ3) is 3.46. The summed E-state index contributed by atoms with van der Waals surface area (Å²) in [6.45, 7) is 4.57. The van der Waals surface area contributed by atoms with E-state index < -0.39 is 0 Å². The van der Waals surface area contributed by atoms with Gasteiger partial charge in [0.05, 0.1) is 4.92 Å². The highest BCUT2D eigenvalue weighted by atomic mass is 16.6. The third-order valence-electron chi connectivity index (χ3n) is 3.77. The number of nitrogens with zero attached hydrogens (tertiary/aromatic N) is 3. The zero-order valence-corrected chi connectivity index (χ0v) is 11.9. The second kappa shape index (κ2) is 6.67. The molecule has 20 heavy (non-hydrogen) atoms. The minimum atomic E-state index is -0.334. The van der Waals surface area contributed by atoms with E-state index in [4.69, 9.17) is 5.73 Å². The molecule has 2 N–H and O–H groups in total. The van der Waals surface area contributed by atoms with E-state index in [1.807, 2.05) is 6.07 Å². The van der Waals surface area contributed by atoms with E-state index in [0.29, 0.717) is 6.54 Å². The van der Waals surface area contributed by atoms with Crippen molar-refractivity contribution in [2.75, 3.05) is 44.7 Å². The van der Waals surface area contributed by atoms with Crippen LogP contribution in [0.5, 0.6) is 0 Å². The number of piperazine rings is 1. The van der Waals surface area contributed by atoms with Crippen LogP contribution in [0.1, 0.15) is 12.0 Å². The fraction of sp³-hybridized carbons (Fsp3) is 0.571. The van der Waals surface area contributed by atoms with Gasteiger partial charge < -0.3 is 15.5 Å². The monoisotopic (exact) mass is 278 g/mol.